The van der Waals surface area contributed by atoms with Gasteiger partial charge in [0.25, 0.3) is 15.9 Å². The first-order valence-electron chi connectivity index (χ1n) is 9.07. The summed E-state index contributed by atoms with van der Waals surface area (Å²) < 4.78 is 27.9. The molecule has 0 saturated carbocycles. The number of carbonyl (C=O) groups excluding carboxylic acids is 1. The Morgan fingerprint density at radius 1 is 1.11 bits per heavy atom. The lowest BCUT2D eigenvalue weighted by molar-refractivity contribution is 0.0930. The van der Waals surface area contributed by atoms with Crippen molar-refractivity contribution in [1.29, 1.82) is 0 Å². The Labute approximate surface area is 172 Å². The van der Waals surface area contributed by atoms with Gasteiger partial charge in [-0.05, 0) is 74.7 Å². The SMILES string of the molecule is Cc1ccc(C)c(S(=O)(=O)Nc2ccc(C(=O)N[C@H]3CCCNC3)cc2)c1.Cl. The van der Waals surface area contributed by atoms with E-state index >= 15 is 0 Å². The minimum absolute atomic E-state index is 0. The molecule has 0 aliphatic carbocycles. The highest BCUT2D eigenvalue weighted by atomic mass is 35.5. The molecular weight excluding hydrogens is 398 g/mol. The molecule has 1 aliphatic heterocycles. The van der Waals surface area contributed by atoms with Gasteiger partial charge in [0, 0.05) is 23.8 Å². The summed E-state index contributed by atoms with van der Waals surface area (Å²) in [4.78, 5) is 12.6. The average molecular weight is 424 g/mol. The molecule has 152 valence electrons. The third-order valence-corrected chi connectivity index (χ3v) is 6.19. The molecule has 1 atom stereocenters. The molecule has 0 aromatic heterocycles. The fourth-order valence-corrected chi connectivity index (χ4v) is 4.53. The van der Waals surface area contributed by atoms with Gasteiger partial charge in [-0.25, -0.2) is 8.42 Å². The van der Waals surface area contributed by atoms with Crippen molar-refractivity contribution in [3.63, 3.8) is 0 Å². The topological polar surface area (TPSA) is 87.3 Å². The monoisotopic (exact) mass is 423 g/mol. The molecule has 3 rings (SSSR count). The molecule has 1 saturated heterocycles. The van der Waals surface area contributed by atoms with Crippen molar-refractivity contribution in [2.75, 3.05) is 17.8 Å². The maximum atomic E-state index is 12.7. The minimum Gasteiger partial charge on any atom is -0.348 e. The van der Waals surface area contributed by atoms with Crippen LogP contribution in [0.1, 0.15) is 34.3 Å². The van der Waals surface area contributed by atoms with Crippen LogP contribution in [0, 0.1) is 13.8 Å². The lowest BCUT2D eigenvalue weighted by atomic mass is 10.1. The van der Waals surface area contributed by atoms with E-state index in [9.17, 15) is 13.2 Å². The molecule has 1 amide bonds. The summed E-state index contributed by atoms with van der Waals surface area (Å²) in [6.07, 6.45) is 2.01. The third kappa shape index (κ3) is 5.47. The fourth-order valence-electron chi connectivity index (χ4n) is 3.14. The van der Waals surface area contributed by atoms with Crippen LogP contribution in [0.2, 0.25) is 0 Å². The second-order valence-electron chi connectivity index (χ2n) is 6.97. The van der Waals surface area contributed by atoms with Gasteiger partial charge in [0.05, 0.1) is 4.90 Å². The Balaban J connectivity index is 0.00000280. The van der Waals surface area contributed by atoms with Crippen LogP contribution in [0.15, 0.2) is 47.4 Å². The van der Waals surface area contributed by atoms with Gasteiger partial charge in [0.2, 0.25) is 0 Å². The van der Waals surface area contributed by atoms with Gasteiger partial charge in [-0.15, -0.1) is 12.4 Å². The zero-order valence-corrected chi connectivity index (χ0v) is 17.6. The standard InChI is InChI=1S/C20H25N3O3S.ClH/c1-14-5-6-15(2)19(12-14)27(25,26)23-17-9-7-16(8-10-17)20(24)22-18-4-3-11-21-13-18;/h5-10,12,18,21,23H,3-4,11,13H2,1-2H3,(H,22,24);1H/t18-;/m0./s1. The molecule has 0 bridgehead atoms. The van der Waals surface area contributed by atoms with E-state index in [4.69, 9.17) is 0 Å². The van der Waals surface area contributed by atoms with E-state index in [2.05, 4.69) is 15.4 Å². The molecule has 0 unspecified atom stereocenters. The van der Waals surface area contributed by atoms with Crippen molar-refractivity contribution in [3.8, 4) is 0 Å². The smallest absolute Gasteiger partial charge is 0.262 e. The van der Waals surface area contributed by atoms with Crippen LogP contribution in [-0.4, -0.2) is 33.5 Å². The van der Waals surface area contributed by atoms with Crippen molar-refractivity contribution < 1.29 is 13.2 Å². The van der Waals surface area contributed by atoms with Crippen LogP contribution in [-0.2, 0) is 10.0 Å². The highest BCUT2D eigenvalue weighted by molar-refractivity contribution is 7.92. The third-order valence-electron chi connectivity index (χ3n) is 4.66. The van der Waals surface area contributed by atoms with Gasteiger partial charge in [-0.2, -0.15) is 0 Å². The van der Waals surface area contributed by atoms with Crippen molar-refractivity contribution in [2.45, 2.75) is 37.6 Å². The largest absolute Gasteiger partial charge is 0.348 e. The Kier molecular flexibility index (Phi) is 7.46. The lowest BCUT2D eigenvalue weighted by Gasteiger charge is -2.23. The number of carbonyl (C=O) groups is 1. The van der Waals surface area contributed by atoms with E-state index in [1.54, 1.807) is 43.3 Å². The highest BCUT2D eigenvalue weighted by Crippen LogP contribution is 2.21. The zero-order chi connectivity index (χ0) is 19.4. The van der Waals surface area contributed by atoms with Crippen molar-refractivity contribution in [2.24, 2.45) is 0 Å². The minimum atomic E-state index is -3.68. The van der Waals surface area contributed by atoms with Gasteiger partial charge >= 0.3 is 0 Å². The lowest BCUT2D eigenvalue weighted by Crippen LogP contribution is -2.45. The molecule has 28 heavy (non-hydrogen) atoms. The Hall–Kier alpha value is -2.09. The Morgan fingerprint density at radius 2 is 1.82 bits per heavy atom. The number of amides is 1. The summed E-state index contributed by atoms with van der Waals surface area (Å²) >= 11 is 0. The maximum absolute atomic E-state index is 12.7. The van der Waals surface area contributed by atoms with Crippen molar-refractivity contribution in [3.05, 3.63) is 59.2 Å². The van der Waals surface area contributed by atoms with E-state index in [0.29, 0.717) is 16.8 Å². The first kappa shape index (κ1) is 22.2. The molecule has 8 heteroatoms. The second kappa shape index (κ2) is 9.41. The quantitative estimate of drug-likeness (QED) is 0.689. The van der Waals surface area contributed by atoms with Crippen LogP contribution in [0.4, 0.5) is 5.69 Å². The summed E-state index contributed by atoms with van der Waals surface area (Å²) in [5.74, 6) is -0.146. The van der Waals surface area contributed by atoms with Crippen LogP contribution in [0.3, 0.4) is 0 Å². The number of piperidine rings is 1. The number of anilines is 1. The number of hydrogen-bond acceptors (Lipinski definition) is 4. The number of aryl methyl sites for hydroxylation is 2. The zero-order valence-electron chi connectivity index (χ0n) is 16.0. The Bertz CT molecular complexity index is 924. The highest BCUT2D eigenvalue weighted by Gasteiger charge is 2.18. The number of nitrogens with one attached hydrogen (secondary N) is 3. The normalized spacial score (nSPS) is 16.7. The summed E-state index contributed by atoms with van der Waals surface area (Å²) in [6, 6.07) is 11.9. The van der Waals surface area contributed by atoms with E-state index in [0.717, 1.165) is 31.5 Å². The van der Waals surface area contributed by atoms with Crippen LogP contribution >= 0.6 is 12.4 Å². The summed E-state index contributed by atoms with van der Waals surface area (Å²) in [6.45, 7) is 5.39. The molecule has 3 N–H and O–H groups in total. The molecular formula is C20H26ClN3O3S. The molecule has 2 aromatic carbocycles. The first-order chi connectivity index (χ1) is 12.8. The van der Waals surface area contributed by atoms with Gasteiger partial charge in [0.1, 0.15) is 0 Å². The van der Waals surface area contributed by atoms with Crippen LogP contribution < -0.4 is 15.4 Å². The summed E-state index contributed by atoms with van der Waals surface area (Å²) in [5.41, 5.74) is 2.50. The predicted octanol–water partition coefficient (Wildman–Crippen LogP) is 3.01. The van der Waals surface area contributed by atoms with Crippen LogP contribution in [0.5, 0.6) is 0 Å². The Morgan fingerprint density at radius 3 is 2.46 bits per heavy atom. The molecule has 6 nitrogen and oxygen atoms in total. The van der Waals surface area contributed by atoms with Crippen molar-refractivity contribution >= 4 is 34.0 Å². The van der Waals surface area contributed by atoms with Crippen LogP contribution in [0.25, 0.3) is 0 Å². The molecule has 1 fully saturated rings. The maximum Gasteiger partial charge on any atom is 0.262 e. The predicted molar refractivity (Wildman–Crippen MR) is 114 cm³/mol. The van der Waals surface area contributed by atoms with Gasteiger partial charge in [-0.1, -0.05) is 12.1 Å². The number of sulfonamides is 1. The van der Waals surface area contributed by atoms with E-state index in [1.807, 2.05) is 13.0 Å². The first-order valence-corrected chi connectivity index (χ1v) is 10.6. The number of hydrogen-bond donors (Lipinski definition) is 3. The number of benzene rings is 2. The van der Waals surface area contributed by atoms with E-state index < -0.39 is 10.0 Å². The average Bonchev–Trinajstić information content (AvgIpc) is 2.64. The van der Waals surface area contributed by atoms with Crippen molar-refractivity contribution in [1.82, 2.24) is 10.6 Å². The summed E-state index contributed by atoms with van der Waals surface area (Å²) in [7, 11) is -3.68. The number of rotatable bonds is 5. The molecule has 2 aromatic rings. The molecule has 0 spiro atoms. The second-order valence-corrected chi connectivity index (χ2v) is 8.62. The fraction of sp³-hybridized carbons (Fsp3) is 0.350. The van der Waals surface area contributed by atoms with Gasteiger partial charge in [-0.3, -0.25) is 9.52 Å². The van der Waals surface area contributed by atoms with Gasteiger partial charge in [0.15, 0.2) is 0 Å². The van der Waals surface area contributed by atoms with E-state index in [-0.39, 0.29) is 29.3 Å². The molecule has 1 aliphatic rings. The number of halogens is 1. The molecule has 0 radical (unpaired) electrons. The molecule has 1 heterocycles. The van der Waals surface area contributed by atoms with Gasteiger partial charge < -0.3 is 10.6 Å². The van der Waals surface area contributed by atoms with E-state index in [1.165, 1.54) is 0 Å². The summed E-state index contributed by atoms with van der Waals surface area (Å²) in [5, 5.41) is 6.26.